The van der Waals surface area contributed by atoms with Crippen molar-refractivity contribution >= 4 is 10.0 Å². The summed E-state index contributed by atoms with van der Waals surface area (Å²) in [6.07, 6.45) is -5.58. The summed E-state index contributed by atoms with van der Waals surface area (Å²) in [7, 11) is -2.27. The highest BCUT2D eigenvalue weighted by atomic mass is 32.2. The van der Waals surface area contributed by atoms with E-state index in [1.54, 1.807) is 19.2 Å². The smallest absolute Gasteiger partial charge is 0.316 e. The normalized spacial score (nSPS) is 12.6. The minimum absolute atomic E-state index is 0.00785. The molecule has 0 aliphatic heterocycles. The third kappa shape index (κ3) is 5.17. The van der Waals surface area contributed by atoms with E-state index in [1.807, 2.05) is 4.72 Å². The maximum absolute atomic E-state index is 12.0. The Labute approximate surface area is 110 Å². The van der Waals surface area contributed by atoms with Crippen molar-refractivity contribution < 1.29 is 21.6 Å². The van der Waals surface area contributed by atoms with Crippen molar-refractivity contribution in [1.29, 1.82) is 0 Å². The van der Waals surface area contributed by atoms with Crippen LogP contribution < -0.4 is 10.0 Å². The largest absolute Gasteiger partial charge is 0.390 e. The molecule has 0 aliphatic rings. The standard InChI is InChI=1S/C11H15F3N2O2S/c1-15-8-9-4-2-3-5-10(9)19(17,18)16-7-6-11(12,13)14/h2-5,15-16H,6-8H2,1H3. The second-order valence-electron chi connectivity index (χ2n) is 3.90. The third-order valence-electron chi connectivity index (χ3n) is 2.33. The van der Waals surface area contributed by atoms with E-state index >= 15 is 0 Å². The Morgan fingerprint density at radius 3 is 2.42 bits per heavy atom. The van der Waals surface area contributed by atoms with Crippen LogP contribution >= 0.6 is 0 Å². The highest BCUT2D eigenvalue weighted by Crippen LogP contribution is 2.19. The SMILES string of the molecule is CNCc1ccccc1S(=O)(=O)NCCC(F)(F)F. The predicted molar refractivity (Wildman–Crippen MR) is 65.1 cm³/mol. The van der Waals surface area contributed by atoms with Crippen LogP contribution in [0.3, 0.4) is 0 Å². The Kier molecular flexibility index (Phi) is 5.33. The van der Waals surface area contributed by atoms with Gasteiger partial charge in [0.15, 0.2) is 0 Å². The number of halogens is 3. The molecule has 1 rings (SSSR count). The van der Waals surface area contributed by atoms with Gasteiger partial charge >= 0.3 is 6.18 Å². The number of hydrogen-bond donors (Lipinski definition) is 2. The number of benzene rings is 1. The van der Waals surface area contributed by atoms with E-state index in [0.717, 1.165) is 0 Å². The van der Waals surface area contributed by atoms with E-state index in [9.17, 15) is 21.6 Å². The third-order valence-corrected chi connectivity index (χ3v) is 3.89. The molecule has 108 valence electrons. The molecule has 0 unspecified atom stereocenters. The van der Waals surface area contributed by atoms with Crippen molar-refractivity contribution in [1.82, 2.24) is 10.0 Å². The first-order chi connectivity index (χ1) is 8.76. The second kappa shape index (κ2) is 6.36. The van der Waals surface area contributed by atoms with E-state index in [1.165, 1.54) is 12.1 Å². The number of alkyl halides is 3. The van der Waals surface area contributed by atoms with Crippen molar-refractivity contribution in [3.8, 4) is 0 Å². The van der Waals surface area contributed by atoms with Crippen LogP contribution in [-0.4, -0.2) is 28.2 Å². The summed E-state index contributed by atoms with van der Waals surface area (Å²) in [6.45, 7) is -0.351. The molecule has 1 aromatic carbocycles. The minimum Gasteiger partial charge on any atom is -0.316 e. The first-order valence-corrected chi connectivity index (χ1v) is 7.03. The summed E-state index contributed by atoms with van der Waals surface area (Å²) in [5, 5.41) is 2.80. The van der Waals surface area contributed by atoms with Crippen LogP contribution in [0.25, 0.3) is 0 Å². The van der Waals surface area contributed by atoms with Gasteiger partial charge in [-0.2, -0.15) is 13.2 Å². The molecule has 0 aromatic heterocycles. The van der Waals surface area contributed by atoms with Crippen LogP contribution in [0.4, 0.5) is 13.2 Å². The van der Waals surface area contributed by atoms with E-state index in [-0.39, 0.29) is 4.90 Å². The minimum atomic E-state index is -4.38. The first-order valence-electron chi connectivity index (χ1n) is 5.55. The van der Waals surface area contributed by atoms with Gasteiger partial charge in [0.25, 0.3) is 0 Å². The number of sulfonamides is 1. The van der Waals surface area contributed by atoms with Gasteiger partial charge in [-0.15, -0.1) is 0 Å². The predicted octanol–water partition coefficient (Wildman–Crippen LogP) is 1.64. The second-order valence-corrected chi connectivity index (χ2v) is 5.64. The average molecular weight is 296 g/mol. The lowest BCUT2D eigenvalue weighted by molar-refractivity contribution is -0.132. The monoisotopic (exact) mass is 296 g/mol. The van der Waals surface area contributed by atoms with Gasteiger partial charge in [-0.25, -0.2) is 13.1 Å². The highest BCUT2D eigenvalue weighted by molar-refractivity contribution is 7.89. The molecule has 0 spiro atoms. The molecule has 1 aromatic rings. The topological polar surface area (TPSA) is 58.2 Å². The van der Waals surface area contributed by atoms with E-state index in [4.69, 9.17) is 0 Å². The van der Waals surface area contributed by atoms with Crippen LogP contribution in [0.1, 0.15) is 12.0 Å². The van der Waals surface area contributed by atoms with Gasteiger partial charge in [-0.05, 0) is 18.7 Å². The van der Waals surface area contributed by atoms with E-state index in [2.05, 4.69) is 5.32 Å². The molecule has 0 saturated heterocycles. The van der Waals surface area contributed by atoms with E-state index < -0.39 is 29.2 Å². The zero-order chi connectivity index (χ0) is 14.5. The van der Waals surface area contributed by atoms with Gasteiger partial charge in [0.1, 0.15) is 0 Å². The summed E-state index contributed by atoms with van der Waals surface area (Å²) >= 11 is 0. The molecule has 8 heteroatoms. The number of nitrogens with one attached hydrogen (secondary N) is 2. The van der Waals surface area contributed by atoms with Crippen molar-refractivity contribution in [2.45, 2.75) is 24.0 Å². The lowest BCUT2D eigenvalue weighted by Gasteiger charge is -2.12. The number of hydrogen-bond acceptors (Lipinski definition) is 3. The highest BCUT2D eigenvalue weighted by Gasteiger charge is 2.28. The van der Waals surface area contributed by atoms with Gasteiger partial charge in [-0.3, -0.25) is 0 Å². The fourth-order valence-electron chi connectivity index (χ4n) is 1.51. The Bertz CT molecular complexity index is 515. The van der Waals surface area contributed by atoms with Gasteiger partial charge < -0.3 is 5.32 Å². The summed E-state index contributed by atoms with van der Waals surface area (Å²) in [5.74, 6) is 0. The number of rotatable bonds is 6. The molecule has 0 amide bonds. The summed E-state index contributed by atoms with van der Waals surface area (Å²) in [4.78, 5) is -0.00785. The molecule has 0 heterocycles. The summed E-state index contributed by atoms with van der Waals surface area (Å²) in [6, 6.07) is 6.16. The molecule has 0 bridgehead atoms. The molecule has 0 saturated carbocycles. The Balaban J connectivity index is 2.83. The summed E-state index contributed by atoms with van der Waals surface area (Å²) in [5.41, 5.74) is 0.504. The molecule has 0 fully saturated rings. The van der Waals surface area contributed by atoms with Gasteiger partial charge in [-0.1, -0.05) is 18.2 Å². The van der Waals surface area contributed by atoms with Crippen LogP contribution in [0.2, 0.25) is 0 Å². The van der Waals surface area contributed by atoms with Crippen molar-refractivity contribution in [2.24, 2.45) is 0 Å². The average Bonchev–Trinajstić information content (AvgIpc) is 2.28. The molecule has 2 N–H and O–H groups in total. The van der Waals surface area contributed by atoms with Gasteiger partial charge in [0.05, 0.1) is 11.3 Å². The Morgan fingerprint density at radius 1 is 1.21 bits per heavy atom. The maximum Gasteiger partial charge on any atom is 0.390 e. The lowest BCUT2D eigenvalue weighted by atomic mass is 10.2. The van der Waals surface area contributed by atoms with Crippen LogP contribution in [0.15, 0.2) is 29.2 Å². The van der Waals surface area contributed by atoms with Crippen molar-refractivity contribution in [2.75, 3.05) is 13.6 Å². The fraction of sp³-hybridized carbons (Fsp3) is 0.455. The molecule has 4 nitrogen and oxygen atoms in total. The van der Waals surface area contributed by atoms with Gasteiger partial charge in [0, 0.05) is 13.1 Å². The van der Waals surface area contributed by atoms with Crippen LogP contribution in [0, 0.1) is 0 Å². The molecular formula is C11H15F3N2O2S. The fourth-order valence-corrected chi connectivity index (χ4v) is 2.78. The quantitative estimate of drug-likeness (QED) is 0.839. The Hall–Kier alpha value is -1.12. The van der Waals surface area contributed by atoms with Crippen LogP contribution in [-0.2, 0) is 16.6 Å². The maximum atomic E-state index is 12.0. The zero-order valence-corrected chi connectivity index (χ0v) is 11.1. The Morgan fingerprint density at radius 2 is 1.84 bits per heavy atom. The van der Waals surface area contributed by atoms with Crippen molar-refractivity contribution in [3.05, 3.63) is 29.8 Å². The van der Waals surface area contributed by atoms with Gasteiger partial charge in [0.2, 0.25) is 10.0 Å². The molecular weight excluding hydrogens is 281 g/mol. The van der Waals surface area contributed by atoms with Crippen LogP contribution in [0.5, 0.6) is 0 Å². The molecule has 19 heavy (non-hydrogen) atoms. The summed E-state index contributed by atoms with van der Waals surface area (Å²) < 4.78 is 61.7. The van der Waals surface area contributed by atoms with Crippen molar-refractivity contribution in [3.63, 3.8) is 0 Å². The lowest BCUT2D eigenvalue weighted by Crippen LogP contribution is -2.29. The zero-order valence-electron chi connectivity index (χ0n) is 10.3. The molecule has 0 aliphatic carbocycles. The molecule has 0 radical (unpaired) electrons. The van der Waals surface area contributed by atoms with E-state index in [0.29, 0.717) is 12.1 Å². The first kappa shape index (κ1) is 15.9. The molecule has 0 atom stereocenters.